The summed E-state index contributed by atoms with van der Waals surface area (Å²) in [4.78, 5) is 25.7. The Morgan fingerprint density at radius 2 is 2.00 bits per heavy atom. The molecule has 8 heteroatoms. The number of halogens is 1. The first-order valence-electron chi connectivity index (χ1n) is 9.82. The fourth-order valence-corrected chi connectivity index (χ4v) is 3.52. The number of hydrogen-bond donors (Lipinski definition) is 1. The van der Waals surface area contributed by atoms with E-state index in [1.165, 1.54) is 22.9 Å². The number of carbonyl (C=O) groups is 1. The van der Waals surface area contributed by atoms with Crippen LogP contribution in [0.15, 0.2) is 45.6 Å². The first kappa shape index (κ1) is 22.7. The summed E-state index contributed by atoms with van der Waals surface area (Å²) >= 11 is 1.42. The van der Waals surface area contributed by atoms with E-state index in [2.05, 4.69) is 4.72 Å². The largest absolute Gasteiger partial charge is 0.422 e. The van der Waals surface area contributed by atoms with Crippen molar-refractivity contribution in [2.75, 3.05) is 18.8 Å². The van der Waals surface area contributed by atoms with E-state index in [1.54, 1.807) is 51.4 Å². The van der Waals surface area contributed by atoms with Gasteiger partial charge in [0.05, 0.1) is 5.69 Å². The van der Waals surface area contributed by atoms with Crippen LogP contribution < -0.4 is 15.1 Å². The van der Waals surface area contributed by atoms with E-state index in [4.69, 9.17) is 9.15 Å². The normalized spacial score (nSPS) is 11.1. The third-order valence-corrected chi connectivity index (χ3v) is 5.49. The third-order valence-electron chi connectivity index (χ3n) is 4.68. The number of carbonyl (C=O) groups excluding carboxylic acids is 1. The molecule has 164 valence electrons. The molecule has 31 heavy (non-hydrogen) atoms. The summed E-state index contributed by atoms with van der Waals surface area (Å²) in [5, 5.41) is 0.990. The second-order valence-corrected chi connectivity index (χ2v) is 9.02. The van der Waals surface area contributed by atoms with Gasteiger partial charge in [-0.25, -0.2) is 14.0 Å². The van der Waals surface area contributed by atoms with Crippen molar-refractivity contribution in [1.82, 2.24) is 4.90 Å². The minimum absolute atomic E-state index is 0.106. The highest BCUT2D eigenvalue weighted by Crippen LogP contribution is 2.28. The maximum Gasteiger partial charge on any atom is 0.414 e. The molecule has 0 saturated carbocycles. The van der Waals surface area contributed by atoms with E-state index in [-0.39, 0.29) is 18.0 Å². The molecule has 0 radical (unpaired) electrons. The lowest BCUT2D eigenvalue weighted by Crippen LogP contribution is -2.25. The van der Waals surface area contributed by atoms with Gasteiger partial charge in [0.2, 0.25) is 0 Å². The molecule has 0 unspecified atom stereocenters. The van der Waals surface area contributed by atoms with Gasteiger partial charge in [-0.15, -0.1) is 0 Å². The van der Waals surface area contributed by atoms with Gasteiger partial charge >= 0.3 is 11.7 Å². The molecule has 0 bridgehead atoms. The summed E-state index contributed by atoms with van der Waals surface area (Å²) in [6.07, 6.45) is -0.426. The number of nitrogens with one attached hydrogen (secondary N) is 1. The van der Waals surface area contributed by atoms with Gasteiger partial charge in [-0.3, -0.25) is 0 Å². The summed E-state index contributed by atoms with van der Waals surface area (Å²) in [7, 11) is 3.15. The van der Waals surface area contributed by atoms with Crippen LogP contribution in [-0.2, 0) is 6.42 Å². The van der Waals surface area contributed by atoms with Gasteiger partial charge in [0.1, 0.15) is 11.3 Å². The second-order valence-electron chi connectivity index (χ2n) is 7.64. The highest BCUT2D eigenvalue weighted by molar-refractivity contribution is 8.01. The lowest BCUT2D eigenvalue weighted by molar-refractivity contribution is 0.172. The van der Waals surface area contributed by atoms with Crippen LogP contribution in [0.25, 0.3) is 11.0 Å². The molecule has 1 heterocycles. The SMILES string of the molecule is Cc1c(Cc2cccc(NSC(C)C)c2F)c(=O)oc2cc(OC(=O)N(C)C)ccc12. The Bertz CT molecular complexity index is 1170. The zero-order valence-corrected chi connectivity index (χ0v) is 18.9. The number of hydrogen-bond acceptors (Lipinski definition) is 6. The van der Waals surface area contributed by atoms with Crippen LogP contribution in [0.3, 0.4) is 0 Å². The monoisotopic (exact) mass is 444 g/mol. The average molecular weight is 445 g/mol. The van der Waals surface area contributed by atoms with Crippen LogP contribution in [0, 0.1) is 12.7 Å². The van der Waals surface area contributed by atoms with Gasteiger partial charge in [-0.2, -0.15) is 0 Å². The Morgan fingerprint density at radius 3 is 2.68 bits per heavy atom. The van der Waals surface area contributed by atoms with Crippen LogP contribution >= 0.6 is 11.9 Å². The fourth-order valence-electron chi connectivity index (χ4n) is 3.00. The number of rotatable bonds is 6. The number of anilines is 1. The zero-order valence-electron chi connectivity index (χ0n) is 18.1. The third kappa shape index (κ3) is 5.19. The van der Waals surface area contributed by atoms with Crippen molar-refractivity contribution < 1.29 is 18.3 Å². The van der Waals surface area contributed by atoms with Crippen LogP contribution in [0.4, 0.5) is 14.9 Å². The average Bonchev–Trinajstić information content (AvgIpc) is 2.70. The summed E-state index contributed by atoms with van der Waals surface area (Å²) in [6, 6.07) is 9.94. The summed E-state index contributed by atoms with van der Waals surface area (Å²) in [6.45, 7) is 5.82. The van der Waals surface area contributed by atoms with E-state index in [1.807, 2.05) is 13.8 Å². The first-order chi connectivity index (χ1) is 14.7. The summed E-state index contributed by atoms with van der Waals surface area (Å²) in [5.41, 5.74) is 1.63. The molecule has 0 aliphatic heterocycles. The molecule has 0 aliphatic carbocycles. The Hall–Kier alpha value is -3.00. The van der Waals surface area contributed by atoms with Crippen molar-refractivity contribution >= 4 is 34.7 Å². The Kier molecular flexibility index (Phi) is 6.90. The molecule has 0 aliphatic rings. The molecule has 1 N–H and O–H groups in total. The topological polar surface area (TPSA) is 71.8 Å². The number of amides is 1. The molecule has 2 aromatic carbocycles. The summed E-state index contributed by atoms with van der Waals surface area (Å²) < 4.78 is 28.7. The van der Waals surface area contributed by atoms with E-state index in [0.717, 1.165) is 0 Å². The molecule has 0 saturated heterocycles. The molecule has 1 aromatic heterocycles. The lowest BCUT2D eigenvalue weighted by atomic mass is 9.99. The highest BCUT2D eigenvalue weighted by atomic mass is 32.2. The fraction of sp³-hybridized carbons (Fsp3) is 0.304. The number of nitrogens with zero attached hydrogens (tertiary/aromatic N) is 1. The minimum atomic E-state index is -0.546. The van der Waals surface area contributed by atoms with E-state index in [0.29, 0.717) is 38.6 Å². The highest BCUT2D eigenvalue weighted by Gasteiger charge is 2.17. The number of fused-ring (bicyclic) bond motifs is 1. The number of ether oxygens (including phenoxy) is 1. The number of benzene rings is 2. The van der Waals surface area contributed by atoms with Crippen molar-refractivity contribution in [2.24, 2.45) is 0 Å². The molecular formula is C23H25FN2O4S. The quantitative estimate of drug-likeness (QED) is 0.408. The van der Waals surface area contributed by atoms with Crippen molar-refractivity contribution in [3.8, 4) is 5.75 Å². The predicted octanol–water partition coefficient (Wildman–Crippen LogP) is 5.36. The molecule has 6 nitrogen and oxygen atoms in total. The predicted molar refractivity (Wildman–Crippen MR) is 122 cm³/mol. The maximum atomic E-state index is 15.0. The molecule has 1 amide bonds. The van der Waals surface area contributed by atoms with Crippen molar-refractivity contribution in [3.05, 3.63) is 69.3 Å². The van der Waals surface area contributed by atoms with Crippen molar-refractivity contribution in [1.29, 1.82) is 0 Å². The van der Waals surface area contributed by atoms with Gasteiger partial charge in [-0.1, -0.05) is 26.0 Å². The van der Waals surface area contributed by atoms with E-state index in [9.17, 15) is 14.0 Å². The van der Waals surface area contributed by atoms with Crippen LogP contribution in [0.5, 0.6) is 5.75 Å². The minimum Gasteiger partial charge on any atom is -0.422 e. The molecule has 3 aromatic rings. The van der Waals surface area contributed by atoms with Crippen LogP contribution in [0.1, 0.15) is 30.5 Å². The molecule has 0 spiro atoms. The molecule has 3 rings (SSSR count). The smallest absolute Gasteiger partial charge is 0.414 e. The van der Waals surface area contributed by atoms with Crippen molar-refractivity contribution in [3.63, 3.8) is 0 Å². The lowest BCUT2D eigenvalue weighted by Gasteiger charge is -2.13. The second kappa shape index (κ2) is 9.43. The van der Waals surface area contributed by atoms with Crippen LogP contribution in [0.2, 0.25) is 0 Å². The van der Waals surface area contributed by atoms with Gasteiger partial charge < -0.3 is 18.8 Å². The van der Waals surface area contributed by atoms with Gasteiger partial charge in [0.15, 0.2) is 5.82 Å². The molecule has 0 atom stereocenters. The molecule has 0 fully saturated rings. The Labute approximate surface area is 184 Å². The van der Waals surface area contributed by atoms with Gasteiger partial charge in [-0.05, 0) is 48.2 Å². The Balaban J connectivity index is 1.94. The summed E-state index contributed by atoms with van der Waals surface area (Å²) in [5.74, 6) is -0.116. The first-order valence-corrected chi connectivity index (χ1v) is 10.7. The van der Waals surface area contributed by atoms with Crippen molar-refractivity contribution in [2.45, 2.75) is 32.4 Å². The van der Waals surface area contributed by atoms with Crippen LogP contribution in [-0.4, -0.2) is 30.3 Å². The van der Waals surface area contributed by atoms with Gasteiger partial charge in [0.25, 0.3) is 0 Å². The Morgan fingerprint density at radius 1 is 1.26 bits per heavy atom. The van der Waals surface area contributed by atoms with E-state index >= 15 is 0 Å². The van der Waals surface area contributed by atoms with Gasteiger partial charge in [0, 0.05) is 42.8 Å². The molecular weight excluding hydrogens is 419 g/mol. The number of aryl methyl sites for hydroxylation is 1. The zero-order chi connectivity index (χ0) is 22.7. The standard InChI is InChI=1S/C23H25FN2O4S/c1-13(2)31-25-19-8-6-7-15(21(19)24)11-18-14(3)17-10-9-16(29-23(28)26(4)5)12-20(17)30-22(18)27/h6-10,12-13,25H,11H2,1-5H3. The van der Waals surface area contributed by atoms with E-state index < -0.39 is 11.7 Å². The maximum absolute atomic E-state index is 15.0.